The van der Waals surface area contributed by atoms with E-state index in [0.29, 0.717) is 26.2 Å². The summed E-state index contributed by atoms with van der Waals surface area (Å²) in [5.41, 5.74) is 5.33. The first-order valence-corrected chi connectivity index (χ1v) is 9.37. The number of rotatable bonds is 6. The van der Waals surface area contributed by atoms with Crippen LogP contribution in [0.25, 0.3) is 0 Å². The monoisotopic (exact) mass is 427 g/mol. The van der Waals surface area contributed by atoms with E-state index in [4.69, 9.17) is 4.42 Å². The standard InChI is InChI=1S/C19H18FN7O4/c20-13-3-5-14(6-4-13)25-7-9-26(10-8-25)18-16(27(29)30)17(21-12-22-18)23-24-19(28)15-2-1-11-31-15/h1-6,11-12H,7-10H2,(H,24,28)(H,21,22,23). The fourth-order valence-electron chi connectivity index (χ4n) is 3.27. The first kappa shape index (κ1) is 20.1. The van der Waals surface area contributed by atoms with Crippen LogP contribution in [0, 0.1) is 15.9 Å². The molecule has 11 nitrogen and oxygen atoms in total. The van der Waals surface area contributed by atoms with Gasteiger partial charge in [0.1, 0.15) is 12.1 Å². The molecule has 0 atom stereocenters. The lowest BCUT2D eigenvalue weighted by Gasteiger charge is -2.36. The number of furan rings is 1. The van der Waals surface area contributed by atoms with Gasteiger partial charge in [0.25, 0.3) is 0 Å². The maximum atomic E-state index is 13.1. The second-order valence-electron chi connectivity index (χ2n) is 6.66. The SMILES string of the molecule is O=C(NNc1ncnc(N2CCN(c3ccc(F)cc3)CC2)c1[N+](=O)[O-])c1ccco1. The van der Waals surface area contributed by atoms with E-state index in [0.717, 1.165) is 5.69 Å². The average molecular weight is 427 g/mol. The highest BCUT2D eigenvalue weighted by Crippen LogP contribution is 2.32. The number of nitrogens with one attached hydrogen (secondary N) is 2. The molecule has 1 aromatic carbocycles. The molecular weight excluding hydrogens is 409 g/mol. The van der Waals surface area contributed by atoms with Gasteiger partial charge < -0.3 is 14.2 Å². The Balaban J connectivity index is 1.48. The molecule has 2 N–H and O–H groups in total. The van der Waals surface area contributed by atoms with E-state index in [1.54, 1.807) is 23.1 Å². The van der Waals surface area contributed by atoms with Crippen molar-refractivity contribution in [2.75, 3.05) is 41.4 Å². The first-order chi connectivity index (χ1) is 15.0. The van der Waals surface area contributed by atoms with Crippen LogP contribution in [0.5, 0.6) is 0 Å². The van der Waals surface area contributed by atoms with Crippen LogP contribution in [0.15, 0.2) is 53.4 Å². The molecule has 12 heteroatoms. The van der Waals surface area contributed by atoms with Crippen molar-refractivity contribution in [1.82, 2.24) is 15.4 Å². The Hall–Kier alpha value is -4.22. The van der Waals surface area contributed by atoms with Crippen LogP contribution in [-0.4, -0.2) is 47.0 Å². The number of aromatic nitrogens is 2. The number of nitrogens with zero attached hydrogens (tertiary/aromatic N) is 5. The van der Waals surface area contributed by atoms with Crippen molar-refractivity contribution >= 4 is 28.9 Å². The lowest BCUT2D eigenvalue weighted by molar-refractivity contribution is -0.383. The van der Waals surface area contributed by atoms with Crippen LogP contribution in [0.3, 0.4) is 0 Å². The topological polar surface area (TPSA) is 130 Å². The van der Waals surface area contributed by atoms with Crippen molar-refractivity contribution < 1.29 is 18.5 Å². The molecular formula is C19H18FN7O4. The van der Waals surface area contributed by atoms with Gasteiger partial charge in [0.2, 0.25) is 11.6 Å². The molecule has 4 rings (SSSR count). The van der Waals surface area contributed by atoms with Crippen molar-refractivity contribution in [3.63, 3.8) is 0 Å². The number of benzene rings is 1. The molecule has 1 amide bonds. The molecule has 2 aromatic heterocycles. The van der Waals surface area contributed by atoms with E-state index in [1.165, 1.54) is 30.8 Å². The number of halogens is 1. The number of carbonyl (C=O) groups excluding carboxylic acids is 1. The molecule has 0 radical (unpaired) electrons. The second kappa shape index (κ2) is 8.65. The van der Waals surface area contributed by atoms with Gasteiger partial charge in [0.05, 0.1) is 11.2 Å². The van der Waals surface area contributed by atoms with Crippen molar-refractivity contribution in [3.8, 4) is 0 Å². The lowest BCUT2D eigenvalue weighted by atomic mass is 10.2. The van der Waals surface area contributed by atoms with Gasteiger partial charge in [0.15, 0.2) is 5.76 Å². The van der Waals surface area contributed by atoms with Gasteiger partial charge in [-0.15, -0.1) is 0 Å². The lowest BCUT2D eigenvalue weighted by Crippen LogP contribution is -2.47. The van der Waals surface area contributed by atoms with Gasteiger partial charge in [-0.05, 0) is 36.4 Å². The van der Waals surface area contributed by atoms with Gasteiger partial charge in [-0.2, -0.15) is 0 Å². The molecule has 0 bridgehead atoms. The number of hydrogen-bond donors (Lipinski definition) is 2. The molecule has 0 saturated carbocycles. The Morgan fingerprint density at radius 2 is 1.81 bits per heavy atom. The van der Waals surface area contributed by atoms with Crippen LogP contribution in [0.1, 0.15) is 10.6 Å². The Bertz CT molecular complexity index is 1070. The number of piperazine rings is 1. The first-order valence-electron chi connectivity index (χ1n) is 9.37. The number of hydrazine groups is 1. The van der Waals surface area contributed by atoms with E-state index in [9.17, 15) is 19.3 Å². The molecule has 31 heavy (non-hydrogen) atoms. The van der Waals surface area contributed by atoms with Crippen LogP contribution >= 0.6 is 0 Å². The summed E-state index contributed by atoms with van der Waals surface area (Å²) in [6.45, 7) is 2.08. The predicted molar refractivity (Wildman–Crippen MR) is 109 cm³/mol. The highest BCUT2D eigenvalue weighted by molar-refractivity contribution is 5.92. The molecule has 3 aromatic rings. The number of anilines is 3. The second-order valence-corrected chi connectivity index (χ2v) is 6.66. The summed E-state index contributed by atoms with van der Waals surface area (Å²) in [5, 5.41) is 11.8. The van der Waals surface area contributed by atoms with E-state index >= 15 is 0 Å². The van der Waals surface area contributed by atoms with Gasteiger partial charge in [-0.25, -0.2) is 14.4 Å². The highest BCUT2D eigenvalue weighted by atomic mass is 19.1. The summed E-state index contributed by atoms with van der Waals surface area (Å²) in [4.78, 5) is 35.0. The smallest absolute Gasteiger partial charge is 0.355 e. The minimum absolute atomic E-state index is 0.0429. The fraction of sp³-hybridized carbons (Fsp3) is 0.211. The van der Waals surface area contributed by atoms with E-state index in [2.05, 4.69) is 25.7 Å². The Labute approximate surface area is 175 Å². The highest BCUT2D eigenvalue weighted by Gasteiger charge is 2.29. The van der Waals surface area contributed by atoms with Crippen LogP contribution < -0.4 is 20.7 Å². The van der Waals surface area contributed by atoms with E-state index in [-0.39, 0.29) is 28.9 Å². The molecule has 0 unspecified atom stereocenters. The largest absolute Gasteiger partial charge is 0.459 e. The molecule has 0 aliphatic carbocycles. The zero-order valence-electron chi connectivity index (χ0n) is 16.2. The summed E-state index contributed by atoms with van der Waals surface area (Å²) in [6.07, 6.45) is 2.53. The van der Waals surface area contributed by atoms with Crippen molar-refractivity contribution in [3.05, 3.63) is 70.7 Å². The van der Waals surface area contributed by atoms with E-state index < -0.39 is 10.8 Å². The zero-order chi connectivity index (χ0) is 21.8. The summed E-state index contributed by atoms with van der Waals surface area (Å²) >= 11 is 0. The number of nitro groups is 1. The minimum Gasteiger partial charge on any atom is -0.459 e. The molecule has 1 aliphatic rings. The van der Waals surface area contributed by atoms with Gasteiger partial charge in [-0.3, -0.25) is 25.8 Å². The van der Waals surface area contributed by atoms with E-state index in [1.807, 2.05) is 0 Å². The number of amides is 1. The van der Waals surface area contributed by atoms with Gasteiger partial charge in [-0.1, -0.05) is 0 Å². The molecule has 3 heterocycles. The van der Waals surface area contributed by atoms with Gasteiger partial charge in [0, 0.05) is 31.9 Å². The van der Waals surface area contributed by atoms with Crippen molar-refractivity contribution in [2.24, 2.45) is 0 Å². The van der Waals surface area contributed by atoms with Crippen LogP contribution in [0.2, 0.25) is 0 Å². The number of carbonyl (C=O) groups is 1. The quantitative estimate of drug-likeness (QED) is 0.449. The fourth-order valence-corrected chi connectivity index (χ4v) is 3.27. The Morgan fingerprint density at radius 1 is 1.10 bits per heavy atom. The minimum atomic E-state index is -0.604. The summed E-state index contributed by atoms with van der Waals surface area (Å²) in [7, 11) is 0. The van der Waals surface area contributed by atoms with Crippen LogP contribution in [0.4, 0.5) is 27.4 Å². The third kappa shape index (κ3) is 4.37. The predicted octanol–water partition coefficient (Wildman–Crippen LogP) is 2.20. The van der Waals surface area contributed by atoms with Crippen molar-refractivity contribution in [1.29, 1.82) is 0 Å². The maximum Gasteiger partial charge on any atom is 0.355 e. The maximum absolute atomic E-state index is 13.1. The Morgan fingerprint density at radius 3 is 2.45 bits per heavy atom. The van der Waals surface area contributed by atoms with Crippen molar-refractivity contribution in [2.45, 2.75) is 0 Å². The summed E-state index contributed by atoms with van der Waals surface area (Å²) < 4.78 is 18.1. The summed E-state index contributed by atoms with van der Waals surface area (Å²) in [5.74, 6) is -0.865. The Kier molecular flexibility index (Phi) is 5.60. The average Bonchev–Trinajstić information content (AvgIpc) is 3.33. The third-order valence-electron chi connectivity index (χ3n) is 4.80. The molecule has 1 fully saturated rings. The summed E-state index contributed by atoms with van der Waals surface area (Å²) in [6, 6.07) is 9.19. The normalized spacial score (nSPS) is 13.7. The molecule has 1 aliphatic heterocycles. The molecule has 0 spiro atoms. The number of hydrogen-bond acceptors (Lipinski definition) is 9. The van der Waals surface area contributed by atoms with Crippen LogP contribution in [-0.2, 0) is 0 Å². The van der Waals surface area contributed by atoms with Gasteiger partial charge >= 0.3 is 11.6 Å². The molecule has 1 saturated heterocycles. The third-order valence-corrected chi connectivity index (χ3v) is 4.80. The molecule has 160 valence electrons. The zero-order valence-corrected chi connectivity index (χ0v) is 16.2.